The van der Waals surface area contributed by atoms with E-state index in [9.17, 15) is 4.79 Å². The van der Waals surface area contributed by atoms with Gasteiger partial charge >= 0.3 is 5.97 Å². The molecule has 38 heavy (non-hydrogen) atoms. The van der Waals surface area contributed by atoms with Crippen LogP contribution in [0.4, 0.5) is 0 Å². The molecule has 0 heterocycles. The molecule has 0 spiro atoms. The van der Waals surface area contributed by atoms with Crippen LogP contribution in [0.2, 0.25) is 0 Å². The summed E-state index contributed by atoms with van der Waals surface area (Å²) in [6.45, 7) is 7.57. The number of ether oxygens (including phenoxy) is 1. The number of hydrogen-bond acceptors (Lipinski definition) is 2. The molecule has 0 aliphatic heterocycles. The first-order valence-corrected chi connectivity index (χ1v) is 17.8. The van der Waals surface area contributed by atoms with Crippen LogP contribution in [0.25, 0.3) is 0 Å². The summed E-state index contributed by atoms with van der Waals surface area (Å²) in [6, 6.07) is 0. The molecule has 0 amide bonds. The van der Waals surface area contributed by atoms with E-state index in [1.54, 1.807) is 0 Å². The molecule has 0 fully saturated rings. The quantitative estimate of drug-likeness (QED) is 0.0631. The second-order valence-corrected chi connectivity index (χ2v) is 12.7. The van der Waals surface area contributed by atoms with Crippen molar-refractivity contribution < 1.29 is 9.53 Å². The Morgan fingerprint density at radius 3 is 1.13 bits per heavy atom. The maximum absolute atomic E-state index is 11.9. The monoisotopic (exact) mass is 537 g/mol. The summed E-state index contributed by atoms with van der Waals surface area (Å²) in [4.78, 5) is 11.9. The van der Waals surface area contributed by atoms with E-state index in [0.717, 1.165) is 18.8 Å². The van der Waals surface area contributed by atoms with Gasteiger partial charge in [-0.2, -0.15) is 0 Å². The van der Waals surface area contributed by atoms with Gasteiger partial charge in [0.2, 0.25) is 0 Å². The van der Waals surface area contributed by atoms with Crippen LogP contribution in [0.5, 0.6) is 0 Å². The first kappa shape index (κ1) is 37.5. The molecule has 0 aromatic carbocycles. The Morgan fingerprint density at radius 1 is 0.447 bits per heavy atom. The minimum Gasteiger partial charge on any atom is -0.466 e. The summed E-state index contributed by atoms with van der Waals surface area (Å²) in [5.41, 5.74) is 0. The molecule has 0 bridgehead atoms. The summed E-state index contributed by atoms with van der Waals surface area (Å²) in [7, 11) is 0. The SMILES string of the molecule is CCCCCCCCCCCCCCCCCCCCCOC(=O)CCCCCCCCCCCC(C)C. The van der Waals surface area contributed by atoms with Crippen molar-refractivity contribution in [3.05, 3.63) is 0 Å². The number of esters is 1. The Morgan fingerprint density at radius 2 is 0.763 bits per heavy atom. The molecule has 0 unspecified atom stereocenters. The Hall–Kier alpha value is -0.530. The predicted octanol–water partition coefficient (Wildman–Crippen LogP) is 12.9. The third-order valence-electron chi connectivity index (χ3n) is 8.17. The summed E-state index contributed by atoms with van der Waals surface area (Å²) in [6.07, 6.45) is 40.2. The maximum atomic E-state index is 11.9. The van der Waals surface area contributed by atoms with Crippen LogP contribution in [-0.2, 0) is 9.53 Å². The molecule has 0 N–H and O–H groups in total. The van der Waals surface area contributed by atoms with Crippen molar-refractivity contribution >= 4 is 5.97 Å². The second-order valence-electron chi connectivity index (χ2n) is 12.7. The van der Waals surface area contributed by atoms with E-state index in [4.69, 9.17) is 4.74 Å². The fourth-order valence-electron chi connectivity index (χ4n) is 5.50. The molecule has 0 saturated carbocycles. The van der Waals surface area contributed by atoms with Crippen LogP contribution < -0.4 is 0 Å². The molecule has 0 saturated heterocycles. The Balaban J connectivity index is 3.14. The molecule has 0 atom stereocenters. The Bertz CT molecular complexity index is 445. The van der Waals surface area contributed by atoms with Gasteiger partial charge in [0.1, 0.15) is 0 Å². The Labute approximate surface area is 241 Å². The normalized spacial score (nSPS) is 11.5. The fourth-order valence-corrected chi connectivity index (χ4v) is 5.50. The number of rotatable bonds is 32. The van der Waals surface area contributed by atoms with E-state index >= 15 is 0 Å². The van der Waals surface area contributed by atoms with Gasteiger partial charge < -0.3 is 4.74 Å². The van der Waals surface area contributed by atoms with E-state index in [1.165, 1.54) is 173 Å². The van der Waals surface area contributed by atoms with Crippen molar-refractivity contribution in [3.8, 4) is 0 Å². The topological polar surface area (TPSA) is 26.3 Å². The minimum absolute atomic E-state index is 0.0255. The zero-order valence-corrected chi connectivity index (χ0v) is 26.8. The number of carbonyl (C=O) groups excluding carboxylic acids is 1. The van der Waals surface area contributed by atoms with Gasteiger partial charge in [0, 0.05) is 6.42 Å². The molecule has 0 aliphatic carbocycles. The van der Waals surface area contributed by atoms with Crippen LogP contribution >= 0.6 is 0 Å². The van der Waals surface area contributed by atoms with Gasteiger partial charge in [-0.1, -0.05) is 194 Å². The summed E-state index contributed by atoms with van der Waals surface area (Å²) >= 11 is 0. The predicted molar refractivity (Wildman–Crippen MR) is 170 cm³/mol. The molecule has 0 aromatic rings. The number of carbonyl (C=O) groups is 1. The average molecular weight is 537 g/mol. The van der Waals surface area contributed by atoms with Crippen LogP contribution in [0.1, 0.15) is 213 Å². The highest BCUT2D eigenvalue weighted by Crippen LogP contribution is 2.16. The van der Waals surface area contributed by atoms with Gasteiger partial charge in [-0.25, -0.2) is 0 Å². The summed E-state index contributed by atoms with van der Waals surface area (Å²) in [5, 5.41) is 0. The lowest BCUT2D eigenvalue weighted by molar-refractivity contribution is -0.143. The largest absolute Gasteiger partial charge is 0.466 e. The first-order chi connectivity index (χ1) is 18.7. The highest BCUT2D eigenvalue weighted by molar-refractivity contribution is 5.69. The molecule has 0 aromatic heterocycles. The molecule has 2 heteroatoms. The van der Waals surface area contributed by atoms with E-state index in [1.807, 2.05) is 0 Å². The van der Waals surface area contributed by atoms with Crippen molar-refractivity contribution in [1.82, 2.24) is 0 Å². The molecule has 0 rings (SSSR count). The van der Waals surface area contributed by atoms with Crippen molar-refractivity contribution in [2.24, 2.45) is 5.92 Å². The van der Waals surface area contributed by atoms with Crippen LogP contribution in [-0.4, -0.2) is 12.6 Å². The first-order valence-electron chi connectivity index (χ1n) is 17.8. The Kier molecular flexibility index (Phi) is 32.2. The zero-order chi connectivity index (χ0) is 27.8. The molecule has 2 nitrogen and oxygen atoms in total. The van der Waals surface area contributed by atoms with Gasteiger partial charge in [-0.15, -0.1) is 0 Å². The standard InChI is InChI=1S/C36H72O2/c1-4-5-6-7-8-9-10-11-12-13-14-15-16-17-18-22-25-28-31-34-38-36(37)33-30-27-24-21-19-20-23-26-29-32-35(2)3/h35H,4-34H2,1-3H3. The molecule has 0 aliphatic rings. The molecule has 228 valence electrons. The fraction of sp³-hybridized carbons (Fsp3) is 0.972. The lowest BCUT2D eigenvalue weighted by Crippen LogP contribution is -2.05. The average Bonchev–Trinajstić information content (AvgIpc) is 2.90. The van der Waals surface area contributed by atoms with Crippen molar-refractivity contribution in [2.45, 2.75) is 213 Å². The minimum atomic E-state index is 0.0255. The van der Waals surface area contributed by atoms with Crippen molar-refractivity contribution in [3.63, 3.8) is 0 Å². The third kappa shape index (κ3) is 33.5. The number of hydrogen-bond donors (Lipinski definition) is 0. The van der Waals surface area contributed by atoms with E-state index < -0.39 is 0 Å². The van der Waals surface area contributed by atoms with Gasteiger partial charge in [0.25, 0.3) is 0 Å². The summed E-state index contributed by atoms with van der Waals surface area (Å²) in [5.74, 6) is 0.882. The van der Waals surface area contributed by atoms with E-state index in [2.05, 4.69) is 20.8 Å². The van der Waals surface area contributed by atoms with Gasteiger partial charge in [0.05, 0.1) is 6.61 Å². The third-order valence-corrected chi connectivity index (χ3v) is 8.17. The highest BCUT2D eigenvalue weighted by atomic mass is 16.5. The maximum Gasteiger partial charge on any atom is 0.305 e. The van der Waals surface area contributed by atoms with Gasteiger partial charge in [-0.05, 0) is 18.8 Å². The zero-order valence-electron chi connectivity index (χ0n) is 26.8. The smallest absolute Gasteiger partial charge is 0.305 e. The van der Waals surface area contributed by atoms with E-state index in [0.29, 0.717) is 13.0 Å². The molecular formula is C36H72O2. The molecule has 0 radical (unpaired) electrons. The van der Waals surface area contributed by atoms with Crippen molar-refractivity contribution in [2.75, 3.05) is 6.61 Å². The summed E-state index contributed by atoms with van der Waals surface area (Å²) < 4.78 is 5.44. The lowest BCUT2D eigenvalue weighted by Gasteiger charge is -2.06. The second kappa shape index (κ2) is 32.7. The van der Waals surface area contributed by atoms with Crippen LogP contribution in [0.3, 0.4) is 0 Å². The van der Waals surface area contributed by atoms with Crippen LogP contribution in [0, 0.1) is 5.92 Å². The number of unbranched alkanes of at least 4 members (excludes halogenated alkanes) is 26. The van der Waals surface area contributed by atoms with E-state index in [-0.39, 0.29) is 5.97 Å². The highest BCUT2D eigenvalue weighted by Gasteiger charge is 2.03. The van der Waals surface area contributed by atoms with Gasteiger partial charge in [0.15, 0.2) is 0 Å². The van der Waals surface area contributed by atoms with Crippen LogP contribution in [0.15, 0.2) is 0 Å². The van der Waals surface area contributed by atoms with Gasteiger partial charge in [-0.3, -0.25) is 4.79 Å². The van der Waals surface area contributed by atoms with Crippen molar-refractivity contribution in [1.29, 1.82) is 0 Å². The lowest BCUT2D eigenvalue weighted by atomic mass is 10.0. The molecular weight excluding hydrogens is 464 g/mol.